The van der Waals surface area contributed by atoms with E-state index in [1.807, 2.05) is 20.8 Å². The first kappa shape index (κ1) is 14.1. The summed E-state index contributed by atoms with van der Waals surface area (Å²) in [6.07, 6.45) is 0. The van der Waals surface area contributed by atoms with Gasteiger partial charge in [0, 0.05) is 11.3 Å². The minimum Gasteiger partial charge on any atom is -0.463 e. The molecule has 1 atom stereocenters. The van der Waals surface area contributed by atoms with E-state index in [2.05, 4.69) is 4.74 Å². The molecule has 0 aliphatic heterocycles. The van der Waals surface area contributed by atoms with Crippen molar-refractivity contribution in [2.75, 3.05) is 12.9 Å². The number of rotatable bonds is 5. The van der Waals surface area contributed by atoms with Crippen molar-refractivity contribution in [1.29, 1.82) is 0 Å². The van der Waals surface area contributed by atoms with Gasteiger partial charge in [-0.1, -0.05) is 0 Å². The van der Waals surface area contributed by atoms with Gasteiger partial charge in [-0.15, -0.1) is 11.8 Å². The first-order valence-corrected chi connectivity index (χ1v) is 6.47. The number of esters is 1. The van der Waals surface area contributed by atoms with Crippen LogP contribution in [0.2, 0.25) is 0 Å². The predicted molar refractivity (Wildman–Crippen MR) is 69.2 cm³/mol. The Bertz CT molecular complexity index is 381. The molecule has 0 fully saturated rings. The lowest BCUT2D eigenvalue weighted by Gasteiger charge is -2.19. The van der Waals surface area contributed by atoms with Gasteiger partial charge in [-0.3, -0.25) is 0 Å². The van der Waals surface area contributed by atoms with E-state index in [0.29, 0.717) is 0 Å². The van der Waals surface area contributed by atoms with E-state index >= 15 is 0 Å². The zero-order valence-corrected chi connectivity index (χ0v) is 11.5. The highest BCUT2D eigenvalue weighted by Crippen LogP contribution is 2.31. The summed E-state index contributed by atoms with van der Waals surface area (Å²) in [4.78, 5) is 11.2. The minimum atomic E-state index is -0.451. The molecule has 0 saturated heterocycles. The minimum absolute atomic E-state index is 0.163. The lowest BCUT2D eigenvalue weighted by atomic mass is 10.1. The van der Waals surface area contributed by atoms with Crippen LogP contribution in [0.1, 0.15) is 42.3 Å². The molecular formula is C12H19NO3S. The molecule has 1 rings (SSSR count). The van der Waals surface area contributed by atoms with Crippen molar-refractivity contribution in [3.05, 3.63) is 23.7 Å². The molecule has 2 N–H and O–H groups in total. The molecule has 1 aromatic heterocycles. The van der Waals surface area contributed by atoms with Crippen LogP contribution >= 0.6 is 11.8 Å². The van der Waals surface area contributed by atoms with Crippen LogP contribution in [0.3, 0.4) is 0 Å². The van der Waals surface area contributed by atoms with Gasteiger partial charge in [-0.05, 0) is 32.9 Å². The molecule has 0 aromatic carbocycles. The van der Waals surface area contributed by atoms with E-state index in [4.69, 9.17) is 10.2 Å². The van der Waals surface area contributed by atoms with Gasteiger partial charge in [-0.2, -0.15) is 0 Å². The largest absolute Gasteiger partial charge is 0.463 e. The van der Waals surface area contributed by atoms with Crippen molar-refractivity contribution in [3.8, 4) is 0 Å². The first-order valence-electron chi connectivity index (χ1n) is 5.42. The number of thioether (sulfide) groups is 1. The number of nitrogens with two attached hydrogens (primary N) is 1. The van der Waals surface area contributed by atoms with Gasteiger partial charge in [0.1, 0.15) is 5.76 Å². The molecule has 0 spiro atoms. The fraction of sp³-hybridized carbons (Fsp3) is 0.583. The molecule has 1 heterocycles. The average Bonchev–Trinajstić information content (AvgIpc) is 2.73. The van der Waals surface area contributed by atoms with Crippen LogP contribution in [0, 0.1) is 0 Å². The fourth-order valence-electron chi connectivity index (χ4n) is 1.20. The normalized spacial score (nSPS) is 13.5. The summed E-state index contributed by atoms with van der Waals surface area (Å²) in [5.41, 5.74) is 5.70. The second kappa shape index (κ2) is 5.60. The van der Waals surface area contributed by atoms with E-state index < -0.39 is 5.97 Å². The van der Waals surface area contributed by atoms with E-state index in [9.17, 15) is 4.79 Å². The Hall–Kier alpha value is -0.940. The number of hydrogen-bond donors (Lipinski definition) is 1. The van der Waals surface area contributed by atoms with Gasteiger partial charge >= 0.3 is 5.97 Å². The van der Waals surface area contributed by atoms with Gasteiger partial charge in [0.25, 0.3) is 0 Å². The number of carbonyl (C=O) groups is 1. The van der Waals surface area contributed by atoms with Gasteiger partial charge in [0.2, 0.25) is 5.76 Å². The smallest absolute Gasteiger partial charge is 0.373 e. The molecule has 0 saturated carbocycles. The van der Waals surface area contributed by atoms with Gasteiger partial charge in [0.15, 0.2) is 0 Å². The predicted octanol–water partition coefficient (Wildman–Crippen LogP) is 2.60. The molecule has 0 aliphatic carbocycles. The summed E-state index contributed by atoms with van der Waals surface area (Å²) in [6.45, 7) is 5.99. The molecule has 0 radical (unpaired) electrons. The Morgan fingerprint density at radius 1 is 1.59 bits per heavy atom. The van der Waals surface area contributed by atoms with Crippen LogP contribution in [0.15, 0.2) is 16.5 Å². The Morgan fingerprint density at radius 3 is 2.76 bits per heavy atom. The summed E-state index contributed by atoms with van der Waals surface area (Å²) in [7, 11) is 1.33. The van der Waals surface area contributed by atoms with Crippen molar-refractivity contribution >= 4 is 17.7 Å². The van der Waals surface area contributed by atoms with Crippen molar-refractivity contribution in [1.82, 2.24) is 0 Å². The molecular weight excluding hydrogens is 238 g/mol. The first-order chi connectivity index (χ1) is 7.83. The molecule has 17 heavy (non-hydrogen) atoms. The Balaban J connectivity index is 2.61. The monoisotopic (exact) mass is 257 g/mol. The highest BCUT2D eigenvalue weighted by atomic mass is 32.2. The third-order valence-corrected chi connectivity index (χ3v) is 3.76. The van der Waals surface area contributed by atoms with Crippen LogP contribution in [0.4, 0.5) is 0 Å². The summed E-state index contributed by atoms with van der Waals surface area (Å²) in [6, 6.07) is 3.43. The third-order valence-electron chi connectivity index (χ3n) is 2.12. The lowest BCUT2D eigenvalue weighted by Crippen LogP contribution is -2.34. The quantitative estimate of drug-likeness (QED) is 0.821. The average molecular weight is 257 g/mol. The van der Waals surface area contributed by atoms with Crippen LogP contribution < -0.4 is 5.73 Å². The second-order valence-electron chi connectivity index (χ2n) is 4.64. The number of furan rings is 1. The maximum atomic E-state index is 11.2. The van der Waals surface area contributed by atoms with Crippen molar-refractivity contribution in [2.45, 2.75) is 31.6 Å². The third kappa shape index (κ3) is 4.44. The highest BCUT2D eigenvalue weighted by molar-refractivity contribution is 7.99. The second-order valence-corrected chi connectivity index (χ2v) is 5.96. The van der Waals surface area contributed by atoms with Crippen molar-refractivity contribution in [2.24, 2.45) is 5.73 Å². The zero-order valence-electron chi connectivity index (χ0n) is 10.6. The van der Waals surface area contributed by atoms with Crippen molar-refractivity contribution < 1.29 is 13.9 Å². The topological polar surface area (TPSA) is 65.5 Å². The summed E-state index contributed by atoms with van der Waals surface area (Å²) in [5, 5.41) is 0.163. The van der Waals surface area contributed by atoms with Gasteiger partial charge in [0.05, 0.1) is 12.4 Å². The van der Waals surface area contributed by atoms with Crippen LogP contribution in [-0.4, -0.2) is 24.4 Å². The lowest BCUT2D eigenvalue weighted by molar-refractivity contribution is 0.0563. The summed E-state index contributed by atoms with van der Waals surface area (Å²) in [5.74, 6) is 1.37. The molecule has 0 aliphatic rings. The SMILES string of the molecule is COC(=O)c1ccc(C(C)SCC(C)(C)N)o1. The van der Waals surface area contributed by atoms with Gasteiger partial charge < -0.3 is 14.9 Å². The number of methoxy groups -OCH3 is 1. The summed E-state index contributed by atoms with van der Waals surface area (Å²) >= 11 is 1.70. The Morgan fingerprint density at radius 2 is 2.24 bits per heavy atom. The molecule has 4 nitrogen and oxygen atoms in total. The Kier molecular flexibility index (Phi) is 4.65. The maximum absolute atomic E-state index is 11.2. The van der Waals surface area contributed by atoms with Crippen LogP contribution in [0.25, 0.3) is 0 Å². The van der Waals surface area contributed by atoms with Gasteiger partial charge in [-0.25, -0.2) is 4.79 Å². The molecule has 1 aromatic rings. The number of hydrogen-bond acceptors (Lipinski definition) is 5. The van der Waals surface area contributed by atoms with E-state index in [0.717, 1.165) is 11.5 Å². The zero-order chi connectivity index (χ0) is 13.1. The van der Waals surface area contributed by atoms with Crippen LogP contribution in [-0.2, 0) is 4.74 Å². The standard InChI is InChI=1S/C12H19NO3S/c1-8(17-7-12(2,3)13)9-5-6-10(16-9)11(14)15-4/h5-6,8H,7,13H2,1-4H3. The molecule has 5 heteroatoms. The van der Waals surface area contributed by atoms with E-state index in [1.165, 1.54) is 7.11 Å². The van der Waals surface area contributed by atoms with E-state index in [1.54, 1.807) is 23.9 Å². The van der Waals surface area contributed by atoms with Crippen molar-refractivity contribution in [3.63, 3.8) is 0 Å². The van der Waals surface area contributed by atoms with Crippen LogP contribution in [0.5, 0.6) is 0 Å². The highest BCUT2D eigenvalue weighted by Gasteiger charge is 2.18. The molecule has 96 valence electrons. The molecule has 0 bridgehead atoms. The number of carbonyl (C=O) groups excluding carboxylic acids is 1. The number of ether oxygens (including phenoxy) is 1. The molecule has 1 unspecified atom stereocenters. The Labute approximate surface area is 106 Å². The molecule has 0 amide bonds. The fourth-order valence-corrected chi connectivity index (χ4v) is 2.17. The van der Waals surface area contributed by atoms with E-state index in [-0.39, 0.29) is 16.5 Å². The summed E-state index contributed by atoms with van der Waals surface area (Å²) < 4.78 is 10.0. The maximum Gasteiger partial charge on any atom is 0.373 e.